The van der Waals surface area contributed by atoms with Crippen molar-refractivity contribution in [2.75, 3.05) is 43.6 Å². The predicted octanol–water partition coefficient (Wildman–Crippen LogP) is 2.26. The zero-order valence-corrected chi connectivity index (χ0v) is 15.7. The molecule has 1 fully saturated rings. The van der Waals surface area contributed by atoms with Crippen LogP contribution in [0, 0.1) is 0 Å². The summed E-state index contributed by atoms with van der Waals surface area (Å²) in [5.41, 5.74) is 1.96. The number of nitrogens with one attached hydrogen (secondary N) is 1. The van der Waals surface area contributed by atoms with Gasteiger partial charge in [-0.3, -0.25) is 9.69 Å². The van der Waals surface area contributed by atoms with Crippen LogP contribution >= 0.6 is 0 Å². The van der Waals surface area contributed by atoms with Gasteiger partial charge in [-0.15, -0.1) is 0 Å². The van der Waals surface area contributed by atoms with Crippen molar-refractivity contribution in [1.82, 2.24) is 4.90 Å². The molecule has 0 aliphatic carbocycles. The second-order valence-corrected chi connectivity index (χ2v) is 8.93. The van der Waals surface area contributed by atoms with Gasteiger partial charge in [0.05, 0.1) is 30.8 Å². The maximum atomic E-state index is 12.4. The summed E-state index contributed by atoms with van der Waals surface area (Å²) in [6, 6.07) is 11.3. The molecule has 0 radical (unpaired) electrons. The third kappa shape index (κ3) is 3.63. The van der Waals surface area contributed by atoms with Crippen molar-refractivity contribution in [3.8, 4) is 5.75 Å². The van der Waals surface area contributed by atoms with E-state index in [1.54, 1.807) is 13.2 Å². The first-order valence-corrected chi connectivity index (χ1v) is 10.5. The van der Waals surface area contributed by atoms with Crippen LogP contribution in [-0.2, 0) is 14.6 Å². The number of rotatable bonds is 4. The van der Waals surface area contributed by atoms with Gasteiger partial charge < -0.3 is 14.5 Å². The number of anilines is 1. The summed E-state index contributed by atoms with van der Waals surface area (Å²) in [5.74, 6) is 0.509. The lowest BCUT2D eigenvalue weighted by Crippen LogP contribution is -2.43. The molecule has 0 atom stereocenters. The number of furan rings is 1. The van der Waals surface area contributed by atoms with E-state index in [0.29, 0.717) is 30.1 Å². The first-order chi connectivity index (χ1) is 12.9. The maximum absolute atomic E-state index is 12.4. The van der Waals surface area contributed by atoms with Crippen LogP contribution in [-0.4, -0.2) is 57.5 Å². The Kier molecular flexibility index (Phi) is 4.53. The summed E-state index contributed by atoms with van der Waals surface area (Å²) < 4.78 is 34.3. The van der Waals surface area contributed by atoms with Gasteiger partial charge in [-0.05, 0) is 12.1 Å². The Hall–Kier alpha value is -2.58. The highest BCUT2D eigenvalue weighted by Crippen LogP contribution is 2.36. The number of hydrogen-bond donors (Lipinski definition) is 1. The van der Waals surface area contributed by atoms with Crippen LogP contribution in [0.1, 0.15) is 0 Å². The standard InChI is InChI=1S/C19H20N2O5S/c1-25-18-10-14-13-4-2-3-5-16(13)26-17(14)11-15(18)20-19(22)12-21-6-8-27(23,24)9-7-21/h2-5,10-11H,6-9,12H2,1H3,(H,20,22). The zero-order valence-electron chi connectivity index (χ0n) is 14.9. The van der Waals surface area contributed by atoms with Crippen molar-refractivity contribution in [2.24, 2.45) is 0 Å². The van der Waals surface area contributed by atoms with E-state index in [1.807, 2.05) is 35.2 Å². The second-order valence-electron chi connectivity index (χ2n) is 6.62. The van der Waals surface area contributed by atoms with Crippen LogP contribution < -0.4 is 10.1 Å². The number of sulfone groups is 1. The van der Waals surface area contributed by atoms with E-state index in [1.165, 1.54) is 0 Å². The number of hydrogen-bond acceptors (Lipinski definition) is 6. The Morgan fingerprint density at radius 3 is 2.63 bits per heavy atom. The van der Waals surface area contributed by atoms with Crippen LogP contribution in [0.2, 0.25) is 0 Å². The van der Waals surface area contributed by atoms with Gasteiger partial charge in [-0.25, -0.2) is 8.42 Å². The molecule has 1 N–H and O–H groups in total. The molecule has 4 rings (SSSR count). The normalized spacial score (nSPS) is 17.2. The Morgan fingerprint density at radius 2 is 1.89 bits per heavy atom. The number of carbonyl (C=O) groups is 1. The maximum Gasteiger partial charge on any atom is 0.238 e. The molecule has 27 heavy (non-hydrogen) atoms. The van der Waals surface area contributed by atoms with Crippen molar-refractivity contribution in [1.29, 1.82) is 0 Å². The lowest BCUT2D eigenvalue weighted by Gasteiger charge is -2.25. The fourth-order valence-electron chi connectivity index (χ4n) is 3.32. The lowest BCUT2D eigenvalue weighted by atomic mass is 10.1. The minimum atomic E-state index is -2.96. The number of benzene rings is 2. The van der Waals surface area contributed by atoms with E-state index in [4.69, 9.17) is 9.15 Å². The van der Waals surface area contributed by atoms with Gasteiger partial charge in [0.2, 0.25) is 5.91 Å². The third-order valence-electron chi connectivity index (χ3n) is 4.78. The van der Waals surface area contributed by atoms with Gasteiger partial charge >= 0.3 is 0 Å². The minimum absolute atomic E-state index is 0.0918. The number of amides is 1. The first kappa shape index (κ1) is 17.8. The van der Waals surface area contributed by atoms with Crippen LogP contribution in [0.25, 0.3) is 21.9 Å². The summed E-state index contributed by atoms with van der Waals surface area (Å²) >= 11 is 0. The Balaban J connectivity index is 1.56. The minimum Gasteiger partial charge on any atom is -0.495 e. The molecule has 3 aromatic rings. The van der Waals surface area contributed by atoms with Gasteiger partial charge in [-0.2, -0.15) is 0 Å². The Labute approximate surface area is 156 Å². The predicted molar refractivity (Wildman–Crippen MR) is 104 cm³/mol. The molecule has 1 saturated heterocycles. The number of methoxy groups -OCH3 is 1. The average molecular weight is 388 g/mol. The molecule has 1 aromatic heterocycles. The number of carbonyl (C=O) groups excluding carboxylic acids is 1. The fourth-order valence-corrected chi connectivity index (χ4v) is 4.60. The summed E-state index contributed by atoms with van der Waals surface area (Å²) in [6.45, 7) is 0.877. The van der Waals surface area contributed by atoms with Crippen molar-refractivity contribution in [3.05, 3.63) is 36.4 Å². The number of ether oxygens (including phenoxy) is 1. The van der Waals surface area contributed by atoms with E-state index in [2.05, 4.69) is 5.32 Å². The van der Waals surface area contributed by atoms with Crippen molar-refractivity contribution >= 4 is 43.4 Å². The molecule has 1 amide bonds. The van der Waals surface area contributed by atoms with E-state index >= 15 is 0 Å². The Bertz CT molecular complexity index is 1110. The summed E-state index contributed by atoms with van der Waals surface area (Å²) in [4.78, 5) is 14.3. The topological polar surface area (TPSA) is 88.9 Å². The van der Waals surface area contributed by atoms with Crippen LogP contribution in [0.5, 0.6) is 5.75 Å². The van der Waals surface area contributed by atoms with Gasteiger partial charge in [0.15, 0.2) is 9.84 Å². The lowest BCUT2D eigenvalue weighted by molar-refractivity contribution is -0.117. The molecule has 0 saturated carbocycles. The fraction of sp³-hybridized carbons (Fsp3) is 0.316. The molecule has 142 valence electrons. The molecule has 0 spiro atoms. The average Bonchev–Trinajstić information content (AvgIpc) is 3.00. The largest absolute Gasteiger partial charge is 0.495 e. The molecule has 0 bridgehead atoms. The molecule has 2 aromatic carbocycles. The van der Waals surface area contributed by atoms with Crippen LogP contribution in [0.3, 0.4) is 0 Å². The quantitative estimate of drug-likeness (QED) is 0.738. The third-order valence-corrected chi connectivity index (χ3v) is 6.39. The van der Waals surface area contributed by atoms with E-state index in [0.717, 1.165) is 16.4 Å². The highest BCUT2D eigenvalue weighted by Gasteiger charge is 2.23. The van der Waals surface area contributed by atoms with Crippen molar-refractivity contribution in [3.63, 3.8) is 0 Å². The van der Waals surface area contributed by atoms with Crippen molar-refractivity contribution in [2.45, 2.75) is 0 Å². The summed E-state index contributed by atoms with van der Waals surface area (Å²) in [6.07, 6.45) is 0. The highest BCUT2D eigenvalue weighted by atomic mass is 32.2. The molecular formula is C19H20N2O5S. The van der Waals surface area contributed by atoms with Crippen molar-refractivity contribution < 1.29 is 22.4 Å². The van der Waals surface area contributed by atoms with Crippen LogP contribution in [0.4, 0.5) is 5.69 Å². The first-order valence-electron chi connectivity index (χ1n) is 8.67. The molecule has 1 aliphatic heterocycles. The second kappa shape index (κ2) is 6.86. The molecule has 7 nitrogen and oxygen atoms in total. The molecule has 8 heteroatoms. The highest BCUT2D eigenvalue weighted by molar-refractivity contribution is 7.91. The van der Waals surface area contributed by atoms with Gasteiger partial charge in [0, 0.05) is 29.9 Å². The summed E-state index contributed by atoms with van der Waals surface area (Å²) in [7, 11) is -1.41. The molecular weight excluding hydrogens is 368 g/mol. The number of fused-ring (bicyclic) bond motifs is 3. The van der Waals surface area contributed by atoms with Gasteiger partial charge in [0.25, 0.3) is 0 Å². The van der Waals surface area contributed by atoms with E-state index < -0.39 is 9.84 Å². The molecule has 1 aliphatic rings. The molecule has 0 unspecified atom stereocenters. The zero-order chi connectivity index (χ0) is 19.0. The SMILES string of the molecule is COc1cc2c(cc1NC(=O)CN1CCS(=O)(=O)CC1)oc1ccccc12. The van der Waals surface area contributed by atoms with Gasteiger partial charge in [-0.1, -0.05) is 18.2 Å². The van der Waals surface area contributed by atoms with Gasteiger partial charge in [0.1, 0.15) is 16.9 Å². The Morgan fingerprint density at radius 1 is 1.15 bits per heavy atom. The monoisotopic (exact) mass is 388 g/mol. The number of para-hydroxylation sites is 1. The molecule has 2 heterocycles. The van der Waals surface area contributed by atoms with E-state index in [9.17, 15) is 13.2 Å². The number of nitrogens with zero attached hydrogens (tertiary/aromatic N) is 1. The van der Waals surface area contributed by atoms with E-state index in [-0.39, 0.29) is 24.0 Å². The summed E-state index contributed by atoms with van der Waals surface area (Å²) in [5, 5.41) is 4.75. The smallest absolute Gasteiger partial charge is 0.238 e. The van der Waals surface area contributed by atoms with Crippen LogP contribution in [0.15, 0.2) is 40.8 Å².